The third kappa shape index (κ3) is 4.86. The molecule has 1 heterocycles. The zero-order valence-electron chi connectivity index (χ0n) is 13.3. The molecule has 2 aromatic rings. The molecule has 0 spiro atoms. The highest BCUT2D eigenvalue weighted by molar-refractivity contribution is 7.10. The summed E-state index contributed by atoms with van der Waals surface area (Å²) in [5.41, 5.74) is 3.71. The summed E-state index contributed by atoms with van der Waals surface area (Å²) in [6.45, 7) is 4.30. The van der Waals surface area contributed by atoms with Crippen molar-refractivity contribution in [3.63, 3.8) is 0 Å². The molecule has 1 aromatic carbocycles. The number of benzene rings is 1. The molecule has 2 N–H and O–H groups in total. The first-order valence-electron chi connectivity index (χ1n) is 7.27. The number of aryl methyl sites for hydroxylation is 1. The van der Waals surface area contributed by atoms with Crippen LogP contribution in [0.4, 0.5) is 0 Å². The van der Waals surface area contributed by atoms with E-state index in [9.17, 15) is 0 Å². The van der Waals surface area contributed by atoms with Crippen LogP contribution in [0.15, 0.2) is 40.7 Å². The van der Waals surface area contributed by atoms with Gasteiger partial charge in [-0.25, -0.2) is 0 Å². The summed E-state index contributed by atoms with van der Waals surface area (Å²) in [6, 6.07) is 10.5. The van der Waals surface area contributed by atoms with E-state index < -0.39 is 0 Å². The van der Waals surface area contributed by atoms with Gasteiger partial charge in [0.25, 0.3) is 0 Å². The third-order valence-corrected chi connectivity index (χ3v) is 4.39. The first-order chi connectivity index (χ1) is 10.7. The van der Waals surface area contributed by atoms with E-state index >= 15 is 0 Å². The lowest BCUT2D eigenvalue weighted by Crippen LogP contribution is -2.36. The second-order valence-electron chi connectivity index (χ2n) is 5.06. The molecule has 0 radical (unpaired) electrons. The van der Waals surface area contributed by atoms with Crippen LogP contribution < -0.4 is 10.6 Å². The van der Waals surface area contributed by atoms with E-state index in [1.165, 1.54) is 21.6 Å². The second-order valence-corrected chi connectivity index (χ2v) is 6.06. The number of ether oxygens (including phenoxy) is 1. The maximum absolute atomic E-state index is 5.17. The minimum absolute atomic E-state index is 0.637. The monoisotopic (exact) mass is 317 g/mol. The maximum atomic E-state index is 5.17. The molecule has 0 aliphatic carbocycles. The highest BCUT2D eigenvalue weighted by Crippen LogP contribution is 2.14. The van der Waals surface area contributed by atoms with Gasteiger partial charge >= 0.3 is 0 Å². The average Bonchev–Trinajstić information content (AvgIpc) is 2.93. The molecular weight excluding hydrogens is 294 g/mol. The molecule has 0 saturated heterocycles. The maximum Gasteiger partial charge on any atom is 0.191 e. The topological polar surface area (TPSA) is 45.7 Å². The van der Waals surface area contributed by atoms with Crippen LogP contribution in [0, 0.1) is 6.92 Å². The number of methoxy groups -OCH3 is 1. The molecule has 0 amide bonds. The number of guanidine groups is 1. The quantitative estimate of drug-likeness (QED) is 0.636. The molecule has 0 bridgehead atoms. The lowest BCUT2D eigenvalue weighted by molar-refractivity contribution is 0.185. The summed E-state index contributed by atoms with van der Waals surface area (Å²) >= 11 is 1.76. The van der Waals surface area contributed by atoms with Crippen molar-refractivity contribution < 1.29 is 4.74 Å². The highest BCUT2D eigenvalue weighted by Gasteiger charge is 2.03. The van der Waals surface area contributed by atoms with Crippen molar-refractivity contribution in [1.82, 2.24) is 10.6 Å². The van der Waals surface area contributed by atoms with E-state index in [-0.39, 0.29) is 0 Å². The summed E-state index contributed by atoms with van der Waals surface area (Å²) in [6.07, 6.45) is 0. The molecule has 0 aliphatic rings. The number of hydrogen-bond donors (Lipinski definition) is 2. The van der Waals surface area contributed by atoms with Gasteiger partial charge in [0.2, 0.25) is 0 Å². The minimum Gasteiger partial charge on any atom is -0.380 e. The van der Waals surface area contributed by atoms with E-state index in [1.54, 1.807) is 25.5 Å². The number of thiophene rings is 1. The number of nitrogens with one attached hydrogen (secondary N) is 2. The van der Waals surface area contributed by atoms with Crippen LogP contribution in [0.2, 0.25) is 0 Å². The number of rotatable bonds is 6. The first-order valence-corrected chi connectivity index (χ1v) is 8.15. The van der Waals surface area contributed by atoms with Gasteiger partial charge < -0.3 is 15.4 Å². The third-order valence-electron chi connectivity index (χ3n) is 3.37. The average molecular weight is 317 g/mol. The van der Waals surface area contributed by atoms with Crippen LogP contribution in [0.25, 0.3) is 0 Å². The van der Waals surface area contributed by atoms with Crippen molar-refractivity contribution in [3.8, 4) is 0 Å². The summed E-state index contributed by atoms with van der Waals surface area (Å²) in [5, 5.41) is 8.80. The van der Waals surface area contributed by atoms with Gasteiger partial charge in [0.05, 0.1) is 13.2 Å². The Morgan fingerprint density at radius 1 is 1.18 bits per heavy atom. The van der Waals surface area contributed by atoms with Gasteiger partial charge in [-0.3, -0.25) is 4.99 Å². The fourth-order valence-electron chi connectivity index (χ4n) is 2.15. The standard InChI is InChI=1S/C17H23N3OS/c1-13-7-8-22-16(13)11-20-17(18-2)19-10-14-5-4-6-15(9-14)12-21-3/h4-9H,10-12H2,1-3H3,(H2,18,19,20). The minimum atomic E-state index is 0.637. The lowest BCUT2D eigenvalue weighted by Gasteiger charge is -2.12. The Balaban J connectivity index is 1.86. The van der Waals surface area contributed by atoms with Crippen molar-refractivity contribution >= 4 is 17.3 Å². The van der Waals surface area contributed by atoms with Crippen LogP contribution in [0.1, 0.15) is 21.6 Å². The van der Waals surface area contributed by atoms with Gasteiger partial charge in [0, 0.05) is 25.6 Å². The highest BCUT2D eigenvalue weighted by atomic mass is 32.1. The largest absolute Gasteiger partial charge is 0.380 e. The summed E-state index contributed by atoms with van der Waals surface area (Å²) in [7, 11) is 3.50. The Morgan fingerprint density at radius 3 is 2.64 bits per heavy atom. The van der Waals surface area contributed by atoms with E-state index in [1.807, 2.05) is 0 Å². The zero-order valence-corrected chi connectivity index (χ0v) is 14.2. The Hall–Kier alpha value is -1.85. The summed E-state index contributed by atoms with van der Waals surface area (Å²) in [5.74, 6) is 0.810. The summed E-state index contributed by atoms with van der Waals surface area (Å²) in [4.78, 5) is 5.60. The summed E-state index contributed by atoms with van der Waals surface area (Å²) < 4.78 is 5.17. The molecule has 0 fully saturated rings. The van der Waals surface area contributed by atoms with Crippen molar-refractivity contribution in [2.75, 3.05) is 14.2 Å². The van der Waals surface area contributed by atoms with Crippen molar-refractivity contribution in [2.24, 2.45) is 4.99 Å². The van der Waals surface area contributed by atoms with Crippen LogP contribution in [-0.4, -0.2) is 20.1 Å². The molecule has 0 aliphatic heterocycles. The molecule has 118 valence electrons. The Kier molecular flexibility index (Phi) is 6.43. The molecule has 0 atom stereocenters. The molecule has 2 rings (SSSR count). The molecule has 4 nitrogen and oxygen atoms in total. The van der Waals surface area contributed by atoms with Gasteiger partial charge in [-0.15, -0.1) is 11.3 Å². The van der Waals surface area contributed by atoms with E-state index in [4.69, 9.17) is 4.74 Å². The van der Waals surface area contributed by atoms with E-state index in [2.05, 4.69) is 58.3 Å². The SMILES string of the molecule is CN=C(NCc1cccc(COC)c1)NCc1sccc1C. The molecule has 0 unspecified atom stereocenters. The number of hydrogen-bond acceptors (Lipinski definition) is 3. The fraction of sp³-hybridized carbons (Fsp3) is 0.353. The Morgan fingerprint density at radius 2 is 1.95 bits per heavy atom. The first kappa shape index (κ1) is 16.5. The van der Waals surface area contributed by atoms with Gasteiger partial charge in [-0.1, -0.05) is 24.3 Å². The molecule has 5 heteroatoms. The van der Waals surface area contributed by atoms with Crippen LogP contribution >= 0.6 is 11.3 Å². The van der Waals surface area contributed by atoms with Crippen molar-refractivity contribution in [3.05, 3.63) is 57.3 Å². The normalized spacial score (nSPS) is 11.5. The van der Waals surface area contributed by atoms with Gasteiger partial charge in [-0.2, -0.15) is 0 Å². The predicted molar refractivity (Wildman–Crippen MR) is 93.2 cm³/mol. The zero-order chi connectivity index (χ0) is 15.8. The van der Waals surface area contributed by atoms with Crippen molar-refractivity contribution in [2.45, 2.75) is 26.6 Å². The van der Waals surface area contributed by atoms with Crippen molar-refractivity contribution in [1.29, 1.82) is 0 Å². The van der Waals surface area contributed by atoms with Gasteiger partial charge in [-0.05, 0) is 35.1 Å². The molecular formula is C17H23N3OS. The Labute approximate surface area is 136 Å². The van der Waals surface area contributed by atoms with Gasteiger partial charge in [0.1, 0.15) is 0 Å². The predicted octanol–water partition coefficient (Wildman–Crippen LogP) is 3.07. The molecule has 22 heavy (non-hydrogen) atoms. The smallest absolute Gasteiger partial charge is 0.191 e. The van der Waals surface area contributed by atoms with Gasteiger partial charge in [0.15, 0.2) is 5.96 Å². The number of aliphatic imine (C=N–C) groups is 1. The fourth-order valence-corrected chi connectivity index (χ4v) is 3.00. The molecule has 0 saturated carbocycles. The van der Waals surface area contributed by atoms with Crippen LogP contribution in [0.5, 0.6) is 0 Å². The van der Waals surface area contributed by atoms with E-state index in [0.717, 1.165) is 19.0 Å². The number of nitrogens with zero attached hydrogens (tertiary/aromatic N) is 1. The lowest BCUT2D eigenvalue weighted by atomic mass is 10.1. The van der Waals surface area contributed by atoms with E-state index in [0.29, 0.717) is 6.61 Å². The van der Waals surface area contributed by atoms with Crippen LogP contribution in [0.3, 0.4) is 0 Å². The van der Waals surface area contributed by atoms with Crippen LogP contribution in [-0.2, 0) is 24.4 Å². The Bertz CT molecular complexity index is 622. The molecule has 1 aromatic heterocycles. The second kappa shape index (κ2) is 8.56.